The molecule has 12 heavy (non-hydrogen) atoms. The average molecular weight is 165 g/mol. The number of nitrogens with one attached hydrogen (secondary N) is 1. The maximum atomic E-state index is 13.2. The van der Waals surface area contributed by atoms with Gasteiger partial charge in [-0.1, -0.05) is 6.07 Å². The van der Waals surface area contributed by atoms with Gasteiger partial charge in [-0.2, -0.15) is 0 Å². The second-order valence-corrected chi connectivity index (χ2v) is 3.25. The number of fused-ring (bicyclic) bond motifs is 1. The van der Waals surface area contributed by atoms with Crippen molar-refractivity contribution in [1.29, 1.82) is 0 Å². The Morgan fingerprint density at radius 1 is 1.42 bits per heavy atom. The van der Waals surface area contributed by atoms with E-state index in [2.05, 4.69) is 5.32 Å². The lowest BCUT2D eigenvalue weighted by molar-refractivity contribution is 0.601. The molecule has 0 unspecified atom stereocenters. The Bertz CT molecular complexity index is 276. The first-order valence-electron chi connectivity index (χ1n) is 4.31. The minimum atomic E-state index is -0.0669. The SMILES string of the molecule is Cc1ccc(F)c2c1NCCC2. The molecule has 1 aromatic carbocycles. The summed E-state index contributed by atoms with van der Waals surface area (Å²) >= 11 is 0. The molecule has 0 amide bonds. The number of hydrogen-bond acceptors (Lipinski definition) is 1. The van der Waals surface area contributed by atoms with Gasteiger partial charge in [-0.3, -0.25) is 0 Å². The van der Waals surface area contributed by atoms with E-state index in [1.807, 2.05) is 13.0 Å². The van der Waals surface area contributed by atoms with Gasteiger partial charge in [0.25, 0.3) is 0 Å². The number of benzene rings is 1. The van der Waals surface area contributed by atoms with Crippen molar-refractivity contribution in [1.82, 2.24) is 0 Å². The molecule has 0 saturated heterocycles. The first kappa shape index (κ1) is 7.59. The van der Waals surface area contributed by atoms with Crippen molar-refractivity contribution in [3.05, 3.63) is 29.1 Å². The van der Waals surface area contributed by atoms with E-state index in [-0.39, 0.29) is 5.82 Å². The van der Waals surface area contributed by atoms with Crippen LogP contribution in [0.5, 0.6) is 0 Å². The monoisotopic (exact) mass is 165 g/mol. The lowest BCUT2D eigenvalue weighted by atomic mass is 9.99. The van der Waals surface area contributed by atoms with Gasteiger partial charge < -0.3 is 5.32 Å². The summed E-state index contributed by atoms with van der Waals surface area (Å²) in [6.07, 6.45) is 1.91. The van der Waals surface area contributed by atoms with Crippen LogP contribution in [-0.4, -0.2) is 6.54 Å². The van der Waals surface area contributed by atoms with Crippen LogP contribution in [0.3, 0.4) is 0 Å². The molecule has 0 spiro atoms. The Morgan fingerprint density at radius 3 is 3.00 bits per heavy atom. The number of hydrogen-bond donors (Lipinski definition) is 1. The fourth-order valence-corrected chi connectivity index (χ4v) is 1.71. The molecule has 1 aliphatic heterocycles. The van der Waals surface area contributed by atoms with Crippen LogP contribution in [0.15, 0.2) is 12.1 Å². The summed E-state index contributed by atoms with van der Waals surface area (Å²) in [5.41, 5.74) is 3.02. The summed E-state index contributed by atoms with van der Waals surface area (Å²) in [5, 5.41) is 3.23. The Labute approximate surface area is 71.6 Å². The van der Waals surface area contributed by atoms with Crippen molar-refractivity contribution >= 4 is 5.69 Å². The molecular formula is C10H12FN. The maximum Gasteiger partial charge on any atom is 0.128 e. The molecule has 0 aliphatic carbocycles. The zero-order valence-electron chi connectivity index (χ0n) is 7.15. The van der Waals surface area contributed by atoms with Crippen LogP contribution in [-0.2, 0) is 6.42 Å². The van der Waals surface area contributed by atoms with Crippen molar-refractivity contribution < 1.29 is 4.39 Å². The van der Waals surface area contributed by atoms with E-state index in [1.54, 1.807) is 6.07 Å². The molecular weight excluding hydrogens is 153 g/mol. The van der Waals surface area contributed by atoms with Gasteiger partial charge in [-0.05, 0) is 31.4 Å². The molecule has 64 valence electrons. The summed E-state index contributed by atoms with van der Waals surface area (Å²) in [6.45, 7) is 2.98. The molecule has 0 fully saturated rings. The van der Waals surface area contributed by atoms with Crippen molar-refractivity contribution in [2.75, 3.05) is 11.9 Å². The molecule has 0 radical (unpaired) electrons. The first-order chi connectivity index (χ1) is 5.79. The van der Waals surface area contributed by atoms with Crippen molar-refractivity contribution in [2.45, 2.75) is 19.8 Å². The first-order valence-corrected chi connectivity index (χ1v) is 4.31. The third-order valence-corrected chi connectivity index (χ3v) is 2.37. The zero-order chi connectivity index (χ0) is 8.55. The van der Waals surface area contributed by atoms with Gasteiger partial charge in [0.2, 0.25) is 0 Å². The topological polar surface area (TPSA) is 12.0 Å². The summed E-state index contributed by atoms with van der Waals surface area (Å²) < 4.78 is 13.2. The highest BCUT2D eigenvalue weighted by molar-refractivity contribution is 5.59. The van der Waals surface area contributed by atoms with Gasteiger partial charge >= 0.3 is 0 Å². The van der Waals surface area contributed by atoms with Gasteiger partial charge in [0, 0.05) is 17.8 Å². The molecule has 2 rings (SSSR count). The van der Waals surface area contributed by atoms with Crippen LogP contribution < -0.4 is 5.32 Å². The molecule has 1 aliphatic rings. The molecule has 1 aromatic rings. The highest BCUT2D eigenvalue weighted by Crippen LogP contribution is 2.27. The van der Waals surface area contributed by atoms with Crippen molar-refractivity contribution in [3.8, 4) is 0 Å². The fraction of sp³-hybridized carbons (Fsp3) is 0.400. The number of rotatable bonds is 0. The fourth-order valence-electron chi connectivity index (χ4n) is 1.71. The van der Waals surface area contributed by atoms with Gasteiger partial charge in [-0.15, -0.1) is 0 Å². The van der Waals surface area contributed by atoms with Crippen LogP contribution >= 0.6 is 0 Å². The Kier molecular flexibility index (Phi) is 1.75. The lowest BCUT2D eigenvalue weighted by Crippen LogP contribution is -2.14. The molecule has 0 atom stereocenters. The van der Waals surface area contributed by atoms with Crippen LogP contribution in [0.4, 0.5) is 10.1 Å². The molecule has 2 heteroatoms. The Balaban J connectivity index is 2.57. The minimum absolute atomic E-state index is 0.0669. The van der Waals surface area contributed by atoms with Crippen molar-refractivity contribution in [2.24, 2.45) is 0 Å². The predicted molar refractivity (Wildman–Crippen MR) is 47.9 cm³/mol. The summed E-state index contributed by atoms with van der Waals surface area (Å²) in [7, 11) is 0. The second kappa shape index (κ2) is 2.77. The molecule has 0 aromatic heterocycles. The smallest absolute Gasteiger partial charge is 0.128 e. The molecule has 0 saturated carbocycles. The largest absolute Gasteiger partial charge is 0.385 e. The van der Waals surface area contributed by atoms with Gasteiger partial charge in [-0.25, -0.2) is 4.39 Å². The number of aryl methyl sites for hydroxylation is 1. The van der Waals surface area contributed by atoms with Crippen LogP contribution in [0.2, 0.25) is 0 Å². The van der Waals surface area contributed by atoms with E-state index in [4.69, 9.17) is 0 Å². The summed E-state index contributed by atoms with van der Waals surface area (Å²) in [6, 6.07) is 3.38. The summed E-state index contributed by atoms with van der Waals surface area (Å²) in [4.78, 5) is 0. The lowest BCUT2D eigenvalue weighted by Gasteiger charge is -2.20. The predicted octanol–water partition coefficient (Wildman–Crippen LogP) is 2.49. The van der Waals surface area contributed by atoms with E-state index in [9.17, 15) is 4.39 Å². The number of anilines is 1. The Morgan fingerprint density at radius 2 is 2.25 bits per heavy atom. The second-order valence-electron chi connectivity index (χ2n) is 3.25. The quantitative estimate of drug-likeness (QED) is 0.622. The van der Waals surface area contributed by atoms with Crippen LogP contribution in [0.1, 0.15) is 17.5 Å². The van der Waals surface area contributed by atoms with E-state index < -0.39 is 0 Å². The van der Waals surface area contributed by atoms with E-state index >= 15 is 0 Å². The highest BCUT2D eigenvalue weighted by atomic mass is 19.1. The normalized spacial score (nSPS) is 15.2. The molecule has 0 bridgehead atoms. The van der Waals surface area contributed by atoms with E-state index in [0.29, 0.717) is 0 Å². The maximum absolute atomic E-state index is 13.2. The minimum Gasteiger partial charge on any atom is -0.385 e. The van der Waals surface area contributed by atoms with Gasteiger partial charge in [0.1, 0.15) is 5.82 Å². The third-order valence-electron chi connectivity index (χ3n) is 2.37. The van der Waals surface area contributed by atoms with Crippen molar-refractivity contribution in [3.63, 3.8) is 0 Å². The highest BCUT2D eigenvalue weighted by Gasteiger charge is 2.14. The Hall–Kier alpha value is -1.05. The number of halogens is 1. The van der Waals surface area contributed by atoms with E-state index in [1.165, 1.54) is 0 Å². The summed E-state index contributed by atoms with van der Waals surface area (Å²) in [5.74, 6) is -0.0669. The van der Waals surface area contributed by atoms with Gasteiger partial charge in [0.05, 0.1) is 0 Å². The van der Waals surface area contributed by atoms with Crippen LogP contribution in [0.25, 0.3) is 0 Å². The molecule has 1 heterocycles. The van der Waals surface area contributed by atoms with Crippen LogP contribution in [0, 0.1) is 12.7 Å². The van der Waals surface area contributed by atoms with E-state index in [0.717, 1.165) is 36.2 Å². The zero-order valence-corrected chi connectivity index (χ0v) is 7.15. The third kappa shape index (κ3) is 1.07. The van der Waals surface area contributed by atoms with Gasteiger partial charge in [0.15, 0.2) is 0 Å². The average Bonchev–Trinajstić information content (AvgIpc) is 2.12. The molecule has 1 N–H and O–H groups in total. The molecule has 1 nitrogen and oxygen atoms in total. The standard InChI is InChI=1S/C10H12FN/c1-7-4-5-9(11)8-3-2-6-12-10(7)8/h4-5,12H,2-3,6H2,1H3.